The number of carboxylic acid groups (broad SMARTS) is 1. The Labute approximate surface area is 812 Å². The van der Waals surface area contributed by atoms with Crippen LogP contribution in [0.15, 0.2) is 85.1 Å². The predicted octanol–water partition coefficient (Wildman–Crippen LogP) is 1.71. The first-order valence-corrected chi connectivity index (χ1v) is 47.1. The lowest BCUT2D eigenvalue weighted by atomic mass is 9.86. The molecule has 5 rings (SSSR count). The molecule has 3 aromatic carbocycles. The van der Waals surface area contributed by atoms with E-state index in [0.29, 0.717) is 42.1 Å². The minimum absolute atomic E-state index is 0.0124. The number of ketones is 2. The predicted molar refractivity (Wildman–Crippen MR) is 509 cm³/mol. The number of aromatic nitrogens is 1. The van der Waals surface area contributed by atoms with Gasteiger partial charge in [0.2, 0.25) is 100 Å². The van der Waals surface area contributed by atoms with Gasteiger partial charge in [0.1, 0.15) is 83.3 Å². The van der Waals surface area contributed by atoms with E-state index in [2.05, 4.69) is 84.7 Å². The van der Waals surface area contributed by atoms with Gasteiger partial charge in [-0.25, -0.2) is 8.78 Å². The molecule has 0 saturated carbocycles. The van der Waals surface area contributed by atoms with Crippen LogP contribution >= 0.6 is 0 Å². The largest absolute Gasteiger partial charge is 0.508 e. The third kappa shape index (κ3) is 38.6. The molecule has 0 unspecified atom stereocenters. The maximum atomic E-state index is 15.6. The number of nitrogens with two attached hydrogens (primary N) is 2. The van der Waals surface area contributed by atoms with E-state index in [9.17, 15) is 86.8 Å². The molecule has 23 N–H and O–H groups in total. The summed E-state index contributed by atoms with van der Waals surface area (Å²) in [4.78, 5) is 283. The number of aliphatic carboxylic acids is 1. The van der Waals surface area contributed by atoms with Crippen molar-refractivity contribution >= 4 is 129 Å². The number of aromatic hydroxyl groups is 1. The molecule has 1 aliphatic heterocycles. The van der Waals surface area contributed by atoms with Crippen LogP contribution in [0.25, 0.3) is 10.9 Å². The Morgan fingerprint density at radius 3 is 1.64 bits per heavy atom. The topological polar surface area (TPSA) is 650 Å². The molecule has 0 bridgehead atoms. The SMILES string of the molecule is CC(=O)N[C@@H](CC(C)C)C(=O)N[C@H](C(=O)N[C@@H](Cc1ccc(F)c(F)c1)C(=O)N[C@]1(C)CCCCCCC=CCCC[C@@](C)(C(=O)N[C@@H](C)C(=O)N[C@@H](C)C(=O)N[C@@H](C)C(=O)N[C@@H](C)C(=O)N[C@@H](C)C(=O)C[C@H](C)C(N)=O)NC(=O)[C@H](CC(C)C)CC(=O)[C@H](CCC(N)=O)NC(=O)[C@H](C)NC(=O)[C@H](Cc2c[nH]c3ccccc23)NC(=O)[C@H](Cc2ccc(O)cc2)NC(=O)[C@H](CCC(=O)O)NC1=O)[C@@H](C)O. The normalized spacial score (nSPS) is 21.6. The molecule has 0 aliphatic carbocycles. The first kappa shape index (κ1) is 117. The number of halogens is 2. The van der Waals surface area contributed by atoms with Gasteiger partial charge in [-0.1, -0.05) is 102 Å². The van der Waals surface area contributed by atoms with Crippen LogP contribution in [0.5, 0.6) is 5.75 Å². The zero-order valence-corrected chi connectivity index (χ0v) is 82.0. The molecule has 2 heterocycles. The number of aromatic amines is 1. The van der Waals surface area contributed by atoms with Gasteiger partial charge in [0.05, 0.1) is 18.2 Å². The minimum Gasteiger partial charge on any atom is -0.508 e. The van der Waals surface area contributed by atoms with Gasteiger partial charge >= 0.3 is 5.97 Å². The number of nitrogens with one attached hydrogen (secondary N) is 16. The van der Waals surface area contributed by atoms with E-state index >= 15 is 33.2 Å². The number of phenolic OH excluding ortho intramolecular Hbond substituents is 1. The lowest BCUT2D eigenvalue weighted by molar-refractivity contribution is -0.140. The fourth-order valence-electron chi connectivity index (χ4n) is 15.4. The van der Waals surface area contributed by atoms with Crippen molar-refractivity contribution in [3.8, 4) is 5.75 Å². The van der Waals surface area contributed by atoms with Crippen molar-refractivity contribution in [1.82, 2.24) is 84.7 Å². The highest BCUT2D eigenvalue weighted by atomic mass is 19.2. The van der Waals surface area contributed by atoms with E-state index < -0.39 is 282 Å². The fourth-order valence-corrected chi connectivity index (χ4v) is 15.4. The lowest BCUT2D eigenvalue weighted by Gasteiger charge is -2.34. The summed E-state index contributed by atoms with van der Waals surface area (Å²) < 4.78 is 29.7. The molecule has 0 fully saturated rings. The first-order chi connectivity index (χ1) is 65.6. The number of H-pyrrole nitrogens is 1. The molecule has 0 spiro atoms. The van der Waals surface area contributed by atoms with E-state index in [0.717, 1.165) is 32.0 Å². The number of hydrogen-bond acceptors (Lipinski definition) is 22. The number of benzene rings is 3. The van der Waals surface area contributed by atoms with Gasteiger partial charge in [-0.3, -0.25) is 95.9 Å². The van der Waals surface area contributed by atoms with Crippen LogP contribution in [0.3, 0.4) is 0 Å². The lowest BCUT2D eigenvalue weighted by Crippen LogP contribution is -2.65. The van der Waals surface area contributed by atoms with E-state index in [4.69, 9.17) is 11.5 Å². The van der Waals surface area contributed by atoms with Crippen LogP contribution in [0.4, 0.5) is 8.78 Å². The van der Waals surface area contributed by atoms with E-state index in [1.165, 1.54) is 86.6 Å². The average molecular weight is 1960 g/mol. The van der Waals surface area contributed by atoms with Crippen LogP contribution in [0.1, 0.15) is 230 Å². The van der Waals surface area contributed by atoms with Crippen molar-refractivity contribution < 1.29 is 120 Å². The summed E-state index contributed by atoms with van der Waals surface area (Å²) in [6.07, 6.45) is 0.414. The van der Waals surface area contributed by atoms with Gasteiger partial charge in [0.25, 0.3) is 0 Å². The molecule has 18 atom stereocenters. The molecule has 770 valence electrons. The molecule has 1 aromatic heterocycles. The number of phenols is 1. The number of carboxylic acids is 1. The van der Waals surface area contributed by atoms with E-state index in [1.807, 2.05) is 6.08 Å². The zero-order chi connectivity index (χ0) is 105. The Hall–Kier alpha value is -13.6. The van der Waals surface area contributed by atoms with Gasteiger partial charge in [-0.05, 0) is 185 Å². The quantitative estimate of drug-likeness (QED) is 0.0284. The number of allylic oxidation sites excluding steroid dienone is 2. The molecule has 1 aliphatic rings. The van der Waals surface area contributed by atoms with Crippen molar-refractivity contribution in [2.24, 2.45) is 35.1 Å². The Kier molecular flexibility index (Phi) is 46.6. The summed E-state index contributed by atoms with van der Waals surface area (Å²) in [5, 5.41) is 70.6. The van der Waals surface area contributed by atoms with Crippen LogP contribution in [0.2, 0.25) is 0 Å². The van der Waals surface area contributed by atoms with Gasteiger partial charge in [0.15, 0.2) is 23.2 Å². The second-order valence-corrected chi connectivity index (χ2v) is 37.5. The Bertz CT molecular complexity index is 5110. The third-order valence-electron chi connectivity index (χ3n) is 23.9. The molecular weight excluding hydrogens is 1820 g/mol. The number of aliphatic hydroxyl groups is 1. The van der Waals surface area contributed by atoms with Crippen LogP contribution in [-0.4, -0.2) is 234 Å². The molecule has 4 aromatic rings. The second-order valence-electron chi connectivity index (χ2n) is 37.5. The van der Waals surface area contributed by atoms with E-state index in [-0.39, 0.29) is 86.5 Å². The standard InChI is InChI=1S/C97H140F2N18O23/c1-50(2)41-63-48-77(122)70(35-37-78(100)123)110-86(131)57(10)107-89(134)75(47-64-49-102-69-28-24-23-27-66(64)69)112-90(135)73(45-61-29-32-65(120)33-30-61)111-88(133)71(36-38-79(124)125)114-95(140)97(15,117-92(137)74(46-62-31-34-67(98)68(99)44-62)113-93(138)80(59(12)118)115-91(136)72(42-51(3)4)109-60(13)119)40-26-22-20-18-16-17-19-21-25-39-96(14,116-87(63)132)94(139)108-58(11)85(130)106-56(9)84(129)105-55(8)83(128)104-54(7)82(127)103-53(6)76(121)43-52(5)81(101)126/h17,19,23-24,27-34,44,49-59,63,70-75,80,102,118,120H,16,18,20-22,25-26,35-43,45-48H2,1-15H3,(H2,100,123)(H2,101,126)(H,103,127)(H,104,128)(H,105,129)(H,106,130)(H,107,134)(H,108,139)(H,109,119)(H,110,131)(H,111,133)(H,112,135)(H,113,138)(H,114,140)(H,115,136)(H,116,132)(H,117,137)(H,124,125)/t52-,53-,54-,55-,56-,57-,58-,59+,63+,70-,71-,72-,73-,74-,75-,80-,96-,97+/m0/s1. The van der Waals surface area contributed by atoms with Crippen molar-refractivity contribution in [1.29, 1.82) is 0 Å². The minimum atomic E-state index is -2.22. The van der Waals surface area contributed by atoms with Crippen molar-refractivity contribution in [2.45, 2.75) is 328 Å². The molecular formula is C97H140F2N18O23. The summed E-state index contributed by atoms with van der Waals surface area (Å²) >= 11 is 0. The number of rotatable bonds is 38. The number of primary amides is 2. The fraction of sp³-hybridized carbons (Fsp3) is 0.567. The molecule has 0 saturated heterocycles. The van der Waals surface area contributed by atoms with Gasteiger partial charge < -0.3 is 112 Å². The smallest absolute Gasteiger partial charge is 0.303 e. The summed E-state index contributed by atoms with van der Waals surface area (Å²) in [5.41, 5.74) is 7.96. The maximum absolute atomic E-state index is 15.6. The third-order valence-corrected chi connectivity index (χ3v) is 23.9. The number of amides is 17. The monoisotopic (exact) mass is 1960 g/mol. The highest BCUT2D eigenvalue weighted by Gasteiger charge is 2.44. The average Bonchev–Trinajstić information content (AvgIpc) is 1.48. The number of carbonyl (C=O) groups excluding carboxylic acids is 19. The maximum Gasteiger partial charge on any atom is 0.303 e. The number of aliphatic hydroxyl groups excluding tert-OH is 1. The van der Waals surface area contributed by atoms with E-state index in [1.54, 1.807) is 64.2 Å². The van der Waals surface area contributed by atoms with Crippen LogP contribution in [0, 0.1) is 35.3 Å². The Balaban J connectivity index is 1.60. The summed E-state index contributed by atoms with van der Waals surface area (Å²) in [6.45, 7) is 21.2. The van der Waals surface area contributed by atoms with Gasteiger partial charge in [0, 0.05) is 80.8 Å². The zero-order valence-electron chi connectivity index (χ0n) is 82.0. The molecule has 17 amide bonds. The summed E-state index contributed by atoms with van der Waals surface area (Å²) in [7, 11) is 0. The molecule has 140 heavy (non-hydrogen) atoms. The summed E-state index contributed by atoms with van der Waals surface area (Å²) in [6, 6.07) is -5.25. The molecule has 0 radical (unpaired) electrons. The number of hydrogen-bond donors (Lipinski definition) is 21. The highest BCUT2D eigenvalue weighted by Crippen LogP contribution is 2.27. The van der Waals surface area contributed by atoms with Crippen LogP contribution < -0.4 is 91.2 Å². The number of carbonyl (C=O) groups is 20. The van der Waals surface area contributed by atoms with Crippen molar-refractivity contribution in [2.75, 3.05) is 0 Å². The van der Waals surface area contributed by atoms with Gasteiger partial charge in [-0.2, -0.15) is 0 Å². The number of Topliss-reactive ketones (excluding diaryl/α,β-unsaturated/α-hetero) is 2. The number of fused-ring (bicyclic) bond motifs is 1. The Morgan fingerprint density at radius 2 is 1.07 bits per heavy atom. The Morgan fingerprint density at radius 1 is 0.529 bits per heavy atom. The first-order valence-electron chi connectivity index (χ1n) is 47.1. The molecule has 41 nitrogen and oxygen atoms in total. The van der Waals surface area contributed by atoms with Crippen molar-refractivity contribution in [3.63, 3.8) is 0 Å². The van der Waals surface area contributed by atoms with Gasteiger partial charge in [-0.15, -0.1) is 0 Å². The summed E-state index contributed by atoms with van der Waals surface area (Å²) in [5.74, 6) is -24.5. The molecule has 43 heteroatoms. The number of para-hydroxylation sites is 1. The second kappa shape index (κ2) is 55.8. The van der Waals surface area contributed by atoms with Crippen molar-refractivity contribution in [3.05, 3.63) is 113 Å². The van der Waals surface area contributed by atoms with Crippen LogP contribution in [-0.2, 0) is 115 Å². The highest BCUT2D eigenvalue weighted by molar-refractivity contribution is 6.03.